The minimum atomic E-state index is 0. The predicted octanol–water partition coefficient (Wildman–Crippen LogP) is 3.09. The molecule has 0 aromatic heterocycles. The van der Waals surface area contributed by atoms with Crippen molar-refractivity contribution in [1.82, 2.24) is 5.32 Å². The Labute approximate surface area is 102 Å². The molecule has 1 fully saturated rings. The fraction of sp³-hybridized carbons (Fsp3) is 0.500. The molecule has 0 saturated carbocycles. The van der Waals surface area contributed by atoms with Crippen molar-refractivity contribution in [2.75, 3.05) is 13.1 Å². The van der Waals surface area contributed by atoms with E-state index in [1.165, 1.54) is 37.2 Å². The van der Waals surface area contributed by atoms with Gasteiger partial charge in [-0.3, -0.25) is 0 Å². The molecule has 1 saturated heterocycles. The molecule has 15 heavy (non-hydrogen) atoms. The highest BCUT2D eigenvalue weighted by Crippen LogP contribution is 2.23. The third kappa shape index (κ3) is 4.45. The zero-order valence-corrected chi connectivity index (χ0v) is 10.4. The lowest BCUT2D eigenvalue weighted by Crippen LogP contribution is -2.29. The first-order valence-corrected chi connectivity index (χ1v) is 6.36. The molecule has 1 N–H and O–H groups in total. The molecule has 1 aliphatic rings. The molecule has 1 aromatic carbocycles. The van der Waals surface area contributed by atoms with Gasteiger partial charge in [0, 0.05) is 11.0 Å². The second-order valence-electron chi connectivity index (χ2n) is 3.75. The highest BCUT2D eigenvalue weighted by atomic mass is 35.5. The van der Waals surface area contributed by atoms with Crippen molar-refractivity contribution in [3.05, 3.63) is 35.9 Å². The first-order valence-electron chi connectivity index (χ1n) is 5.31. The van der Waals surface area contributed by atoms with Crippen molar-refractivity contribution in [2.45, 2.75) is 23.8 Å². The van der Waals surface area contributed by atoms with Gasteiger partial charge in [0.25, 0.3) is 0 Å². The number of hydrogen-bond acceptors (Lipinski definition) is 2. The minimum absolute atomic E-state index is 0. The van der Waals surface area contributed by atoms with E-state index in [1.807, 2.05) is 0 Å². The third-order valence-electron chi connectivity index (χ3n) is 2.61. The molecule has 0 unspecified atom stereocenters. The van der Waals surface area contributed by atoms with Crippen molar-refractivity contribution in [1.29, 1.82) is 0 Å². The summed E-state index contributed by atoms with van der Waals surface area (Å²) in [6.07, 6.45) is 2.66. The molecule has 1 nitrogen and oxygen atoms in total. The predicted molar refractivity (Wildman–Crippen MR) is 70.9 cm³/mol. The van der Waals surface area contributed by atoms with Crippen LogP contribution in [0.3, 0.4) is 0 Å². The van der Waals surface area contributed by atoms with E-state index in [-0.39, 0.29) is 12.4 Å². The van der Waals surface area contributed by atoms with E-state index in [2.05, 4.69) is 47.4 Å². The highest BCUT2D eigenvalue weighted by Gasteiger charge is 2.12. The summed E-state index contributed by atoms with van der Waals surface area (Å²) in [6, 6.07) is 10.8. The van der Waals surface area contributed by atoms with Crippen LogP contribution in [0.1, 0.15) is 18.4 Å². The van der Waals surface area contributed by atoms with Crippen LogP contribution >= 0.6 is 24.2 Å². The van der Waals surface area contributed by atoms with Gasteiger partial charge in [0.05, 0.1) is 0 Å². The Bertz CT molecular complexity index is 260. The maximum atomic E-state index is 3.40. The lowest BCUT2D eigenvalue weighted by Gasteiger charge is -2.21. The summed E-state index contributed by atoms with van der Waals surface area (Å²) in [6.45, 7) is 2.40. The zero-order chi connectivity index (χ0) is 9.64. The summed E-state index contributed by atoms with van der Waals surface area (Å²) in [5.41, 5.74) is 1.45. The molecule has 0 amide bonds. The second kappa shape index (κ2) is 7.15. The Hall–Kier alpha value is -0.180. The first-order chi connectivity index (χ1) is 6.95. The zero-order valence-electron chi connectivity index (χ0n) is 8.82. The summed E-state index contributed by atoms with van der Waals surface area (Å²) in [4.78, 5) is 0. The number of halogens is 1. The number of piperidine rings is 1. The van der Waals surface area contributed by atoms with Crippen LogP contribution in [0.15, 0.2) is 30.3 Å². The minimum Gasteiger partial charge on any atom is -0.317 e. The van der Waals surface area contributed by atoms with E-state index < -0.39 is 0 Å². The highest BCUT2D eigenvalue weighted by molar-refractivity contribution is 7.99. The van der Waals surface area contributed by atoms with Gasteiger partial charge in [0.2, 0.25) is 0 Å². The summed E-state index contributed by atoms with van der Waals surface area (Å²) < 4.78 is 0. The third-order valence-corrected chi connectivity index (χ3v) is 4.06. The molecule has 1 aliphatic heterocycles. The number of rotatable bonds is 3. The van der Waals surface area contributed by atoms with E-state index >= 15 is 0 Å². The molecule has 0 radical (unpaired) electrons. The second-order valence-corrected chi connectivity index (χ2v) is 5.03. The van der Waals surface area contributed by atoms with Crippen LogP contribution in [0, 0.1) is 0 Å². The Balaban J connectivity index is 0.00000112. The SMILES string of the molecule is Cl.c1ccc(CSC2CCNCC2)cc1. The van der Waals surface area contributed by atoms with Crippen LogP contribution in [0.2, 0.25) is 0 Å². The van der Waals surface area contributed by atoms with Gasteiger partial charge in [-0.15, -0.1) is 12.4 Å². The molecule has 2 rings (SSSR count). The van der Waals surface area contributed by atoms with Gasteiger partial charge in [0.1, 0.15) is 0 Å². The lowest BCUT2D eigenvalue weighted by molar-refractivity contribution is 0.531. The van der Waals surface area contributed by atoms with Gasteiger partial charge in [-0.25, -0.2) is 0 Å². The number of hydrogen-bond donors (Lipinski definition) is 1. The van der Waals surface area contributed by atoms with E-state index in [0.29, 0.717) is 0 Å². The quantitative estimate of drug-likeness (QED) is 0.876. The molecule has 1 heterocycles. The van der Waals surface area contributed by atoms with Crippen molar-refractivity contribution >= 4 is 24.2 Å². The number of benzene rings is 1. The molecule has 0 spiro atoms. The average molecular weight is 244 g/mol. The van der Waals surface area contributed by atoms with E-state index in [0.717, 1.165) is 5.25 Å². The van der Waals surface area contributed by atoms with Crippen LogP contribution in [-0.4, -0.2) is 18.3 Å². The van der Waals surface area contributed by atoms with Crippen molar-refractivity contribution < 1.29 is 0 Å². The fourth-order valence-electron chi connectivity index (χ4n) is 1.75. The normalized spacial score (nSPS) is 17.1. The summed E-state index contributed by atoms with van der Waals surface area (Å²) in [5, 5.41) is 4.27. The maximum absolute atomic E-state index is 3.40. The topological polar surface area (TPSA) is 12.0 Å². The molecule has 0 aliphatic carbocycles. The average Bonchev–Trinajstić information content (AvgIpc) is 2.29. The van der Waals surface area contributed by atoms with Gasteiger partial charge in [-0.2, -0.15) is 11.8 Å². The molecule has 0 bridgehead atoms. The first kappa shape index (κ1) is 12.9. The summed E-state index contributed by atoms with van der Waals surface area (Å²) in [5.74, 6) is 1.17. The van der Waals surface area contributed by atoms with Gasteiger partial charge in [-0.05, 0) is 31.5 Å². The van der Waals surface area contributed by atoms with Gasteiger partial charge in [-0.1, -0.05) is 30.3 Å². The summed E-state index contributed by atoms with van der Waals surface area (Å²) >= 11 is 2.11. The summed E-state index contributed by atoms with van der Waals surface area (Å²) in [7, 11) is 0. The number of thioether (sulfide) groups is 1. The smallest absolute Gasteiger partial charge is 0.0187 e. The van der Waals surface area contributed by atoms with Crippen LogP contribution in [-0.2, 0) is 5.75 Å². The van der Waals surface area contributed by atoms with Crippen molar-refractivity contribution in [3.8, 4) is 0 Å². The monoisotopic (exact) mass is 243 g/mol. The van der Waals surface area contributed by atoms with Crippen molar-refractivity contribution in [2.24, 2.45) is 0 Å². The molecule has 84 valence electrons. The fourth-order valence-corrected chi connectivity index (χ4v) is 2.94. The van der Waals surface area contributed by atoms with E-state index in [1.54, 1.807) is 0 Å². The Kier molecular flexibility index (Phi) is 6.15. The van der Waals surface area contributed by atoms with Gasteiger partial charge >= 0.3 is 0 Å². The van der Waals surface area contributed by atoms with Crippen LogP contribution in [0.5, 0.6) is 0 Å². The number of nitrogens with one attached hydrogen (secondary N) is 1. The standard InChI is InChI=1S/C12H17NS.ClH/c1-2-4-11(5-3-1)10-14-12-6-8-13-9-7-12;/h1-5,12-13H,6-10H2;1H. The Morgan fingerprint density at radius 2 is 1.80 bits per heavy atom. The Morgan fingerprint density at radius 1 is 1.13 bits per heavy atom. The van der Waals surface area contributed by atoms with Crippen LogP contribution < -0.4 is 5.32 Å². The molecular formula is C12H18ClNS. The Morgan fingerprint density at radius 3 is 2.47 bits per heavy atom. The largest absolute Gasteiger partial charge is 0.317 e. The van der Waals surface area contributed by atoms with Crippen LogP contribution in [0.25, 0.3) is 0 Å². The molecule has 3 heteroatoms. The lowest BCUT2D eigenvalue weighted by atomic mass is 10.2. The van der Waals surface area contributed by atoms with Gasteiger partial charge in [0.15, 0.2) is 0 Å². The van der Waals surface area contributed by atoms with Gasteiger partial charge < -0.3 is 5.32 Å². The van der Waals surface area contributed by atoms with Crippen LogP contribution in [0.4, 0.5) is 0 Å². The molecular weight excluding hydrogens is 226 g/mol. The molecule has 1 aromatic rings. The molecule has 0 atom stereocenters. The van der Waals surface area contributed by atoms with E-state index in [9.17, 15) is 0 Å². The van der Waals surface area contributed by atoms with E-state index in [4.69, 9.17) is 0 Å². The van der Waals surface area contributed by atoms with Crippen molar-refractivity contribution in [3.63, 3.8) is 0 Å². The maximum Gasteiger partial charge on any atom is 0.0187 e.